The van der Waals surface area contributed by atoms with E-state index in [0.29, 0.717) is 11.5 Å². The summed E-state index contributed by atoms with van der Waals surface area (Å²) in [5, 5.41) is 9.09. The van der Waals surface area contributed by atoms with Gasteiger partial charge in [0.05, 0.1) is 19.0 Å². The molecule has 0 fully saturated rings. The molecular weight excluding hydrogens is 172 g/mol. The van der Waals surface area contributed by atoms with E-state index in [2.05, 4.69) is 14.7 Å². The van der Waals surface area contributed by atoms with Gasteiger partial charge in [-0.15, -0.1) is 0 Å². The second kappa shape index (κ2) is 3.84. The SMILES string of the molecule is COC(=O)Cc1ncc(O)c(C)n1. The summed E-state index contributed by atoms with van der Waals surface area (Å²) in [6.45, 7) is 1.64. The van der Waals surface area contributed by atoms with Gasteiger partial charge in [0.25, 0.3) is 0 Å². The summed E-state index contributed by atoms with van der Waals surface area (Å²) in [5.41, 5.74) is 0.453. The largest absolute Gasteiger partial charge is 0.504 e. The molecule has 5 heteroatoms. The number of carbonyl (C=O) groups excluding carboxylic acids is 1. The first kappa shape index (κ1) is 9.44. The second-order valence-corrected chi connectivity index (χ2v) is 2.51. The zero-order chi connectivity index (χ0) is 9.84. The molecule has 1 aromatic heterocycles. The number of nitrogens with zero attached hydrogens (tertiary/aromatic N) is 2. The predicted molar refractivity (Wildman–Crippen MR) is 44.2 cm³/mol. The highest BCUT2D eigenvalue weighted by molar-refractivity contribution is 5.71. The van der Waals surface area contributed by atoms with Gasteiger partial charge in [-0.1, -0.05) is 0 Å². The van der Waals surface area contributed by atoms with Crippen LogP contribution in [0.15, 0.2) is 6.20 Å². The predicted octanol–water partition coefficient (Wildman–Crippen LogP) is 0.206. The number of carbonyl (C=O) groups is 1. The summed E-state index contributed by atoms with van der Waals surface area (Å²) in [6.07, 6.45) is 1.29. The number of rotatable bonds is 2. The average Bonchev–Trinajstić information content (AvgIpc) is 2.11. The number of methoxy groups -OCH3 is 1. The van der Waals surface area contributed by atoms with Crippen LogP contribution in [0.25, 0.3) is 0 Å². The number of aromatic nitrogens is 2. The van der Waals surface area contributed by atoms with E-state index < -0.39 is 5.97 Å². The Morgan fingerprint density at radius 3 is 2.92 bits per heavy atom. The molecule has 5 nitrogen and oxygen atoms in total. The molecule has 1 heterocycles. The zero-order valence-electron chi connectivity index (χ0n) is 7.44. The molecule has 0 spiro atoms. The van der Waals surface area contributed by atoms with Crippen LogP contribution in [0, 0.1) is 6.92 Å². The maximum Gasteiger partial charge on any atom is 0.313 e. The van der Waals surface area contributed by atoms with Crippen LogP contribution in [0.4, 0.5) is 0 Å². The van der Waals surface area contributed by atoms with Crippen LogP contribution < -0.4 is 0 Å². The molecule has 0 amide bonds. The van der Waals surface area contributed by atoms with Crippen molar-refractivity contribution in [2.45, 2.75) is 13.3 Å². The summed E-state index contributed by atoms with van der Waals surface area (Å²) < 4.78 is 4.44. The first-order valence-corrected chi connectivity index (χ1v) is 3.71. The topological polar surface area (TPSA) is 72.3 Å². The van der Waals surface area contributed by atoms with E-state index in [1.165, 1.54) is 13.3 Å². The van der Waals surface area contributed by atoms with Crippen molar-refractivity contribution in [1.29, 1.82) is 0 Å². The van der Waals surface area contributed by atoms with Gasteiger partial charge in [0.15, 0.2) is 5.75 Å². The Labute approximate surface area is 75.4 Å². The van der Waals surface area contributed by atoms with Crippen molar-refractivity contribution in [2.75, 3.05) is 7.11 Å². The summed E-state index contributed by atoms with van der Waals surface area (Å²) >= 11 is 0. The minimum Gasteiger partial charge on any atom is -0.504 e. The highest BCUT2D eigenvalue weighted by atomic mass is 16.5. The van der Waals surface area contributed by atoms with Crippen LogP contribution in [-0.2, 0) is 16.0 Å². The minimum absolute atomic E-state index is 0.0219. The first-order valence-electron chi connectivity index (χ1n) is 3.71. The number of aryl methyl sites for hydroxylation is 1. The van der Waals surface area contributed by atoms with Crippen molar-refractivity contribution in [3.63, 3.8) is 0 Å². The Hall–Kier alpha value is -1.65. The van der Waals surface area contributed by atoms with E-state index in [0.717, 1.165) is 0 Å². The van der Waals surface area contributed by atoms with E-state index in [9.17, 15) is 4.79 Å². The third kappa shape index (κ3) is 2.40. The Morgan fingerprint density at radius 1 is 1.69 bits per heavy atom. The van der Waals surface area contributed by atoms with Crippen LogP contribution in [-0.4, -0.2) is 28.2 Å². The van der Waals surface area contributed by atoms with Gasteiger partial charge in [-0.3, -0.25) is 4.79 Å². The fraction of sp³-hybridized carbons (Fsp3) is 0.375. The number of ether oxygens (including phenoxy) is 1. The van der Waals surface area contributed by atoms with Gasteiger partial charge in [0.2, 0.25) is 0 Å². The molecule has 0 radical (unpaired) electrons. The quantitative estimate of drug-likeness (QED) is 0.662. The molecule has 0 saturated carbocycles. The van der Waals surface area contributed by atoms with Gasteiger partial charge >= 0.3 is 5.97 Å². The summed E-state index contributed by atoms with van der Waals surface area (Å²) in [6, 6.07) is 0. The van der Waals surface area contributed by atoms with Crippen LogP contribution in [0.2, 0.25) is 0 Å². The van der Waals surface area contributed by atoms with Crippen molar-refractivity contribution in [3.05, 3.63) is 17.7 Å². The standard InChI is InChI=1S/C8H10N2O3/c1-5-6(11)4-9-7(10-5)3-8(12)13-2/h4,11H,3H2,1-2H3. The van der Waals surface area contributed by atoms with Gasteiger partial charge in [-0.2, -0.15) is 0 Å². The molecule has 0 aromatic carbocycles. The lowest BCUT2D eigenvalue weighted by Gasteiger charge is -2.00. The molecule has 1 rings (SSSR count). The minimum atomic E-state index is -0.398. The van der Waals surface area contributed by atoms with Crippen LogP contribution >= 0.6 is 0 Å². The normalized spacial score (nSPS) is 9.69. The molecule has 0 aliphatic carbocycles. The van der Waals surface area contributed by atoms with Crippen LogP contribution in [0.5, 0.6) is 5.75 Å². The number of aromatic hydroxyl groups is 1. The molecular formula is C8H10N2O3. The molecule has 0 saturated heterocycles. The third-order valence-electron chi connectivity index (χ3n) is 1.53. The summed E-state index contributed by atoms with van der Waals surface area (Å²) in [4.78, 5) is 18.5. The number of hydrogen-bond donors (Lipinski definition) is 1. The van der Waals surface area contributed by atoms with Crippen molar-refractivity contribution >= 4 is 5.97 Å². The molecule has 1 N–H and O–H groups in total. The highest BCUT2D eigenvalue weighted by Crippen LogP contribution is 2.10. The van der Waals surface area contributed by atoms with E-state index in [1.54, 1.807) is 6.92 Å². The number of hydrogen-bond acceptors (Lipinski definition) is 5. The van der Waals surface area contributed by atoms with Crippen molar-refractivity contribution in [1.82, 2.24) is 9.97 Å². The molecule has 0 unspecified atom stereocenters. The van der Waals surface area contributed by atoms with E-state index in [-0.39, 0.29) is 12.2 Å². The Kier molecular flexibility index (Phi) is 2.79. The second-order valence-electron chi connectivity index (χ2n) is 2.51. The molecule has 0 atom stereocenters. The molecule has 13 heavy (non-hydrogen) atoms. The lowest BCUT2D eigenvalue weighted by atomic mass is 10.3. The van der Waals surface area contributed by atoms with Crippen molar-refractivity contribution < 1.29 is 14.6 Å². The van der Waals surface area contributed by atoms with Crippen molar-refractivity contribution in [2.24, 2.45) is 0 Å². The smallest absolute Gasteiger partial charge is 0.313 e. The maximum absolute atomic E-state index is 10.8. The first-order chi connectivity index (χ1) is 6.13. The fourth-order valence-corrected chi connectivity index (χ4v) is 0.795. The Bertz CT molecular complexity index is 325. The van der Waals surface area contributed by atoms with Gasteiger partial charge < -0.3 is 9.84 Å². The fourth-order valence-electron chi connectivity index (χ4n) is 0.795. The number of esters is 1. The zero-order valence-corrected chi connectivity index (χ0v) is 7.44. The lowest BCUT2D eigenvalue weighted by molar-refractivity contribution is -0.139. The highest BCUT2D eigenvalue weighted by Gasteiger charge is 2.07. The third-order valence-corrected chi connectivity index (χ3v) is 1.53. The molecule has 70 valence electrons. The monoisotopic (exact) mass is 182 g/mol. The van der Waals surface area contributed by atoms with E-state index in [1.807, 2.05) is 0 Å². The van der Waals surface area contributed by atoms with Gasteiger partial charge in [-0.05, 0) is 6.92 Å². The van der Waals surface area contributed by atoms with Crippen LogP contribution in [0.1, 0.15) is 11.5 Å². The molecule has 0 bridgehead atoms. The Morgan fingerprint density at radius 2 is 2.38 bits per heavy atom. The summed E-state index contributed by atoms with van der Waals surface area (Å²) in [5.74, 6) is -0.0270. The summed E-state index contributed by atoms with van der Waals surface area (Å²) in [7, 11) is 1.30. The molecule has 0 aliphatic heterocycles. The van der Waals surface area contributed by atoms with Crippen molar-refractivity contribution in [3.8, 4) is 5.75 Å². The van der Waals surface area contributed by atoms with Gasteiger partial charge in [-0.25, -0.2) is 9.97 Å². The van der Waals surface area contributed by atoms with Crippen LogP contribution in [0.3, 0.4) is 0 Å². The maximum atomic E-state index is 10.8. The molecule has 0 aliphatic rings. The van der Waals surface area contributed by atoms with E-state index >= 15 is 0 Å². The Balaban J connectivity index is 2.79. The van der Waals surface area contributed by atoms with E-state index in [4.69, 9.17) is 5.11 Å². The lowest BCUT2D eigenvalue weighted by Crippen LogP contribution is -2.08. The van der Waals surface area contributed by atoms with Gasteiger partial charge in [0, 0.05) is 0 Å². The average molecular weight is 182 g/mol. The molecule has 1 aromatic rings. The van der Waals surface area contributed by atoms with Gasteiger partial charge in [0.1, 0.15) is 12.2 Å².